The lowest BCUT2D eigenvalue weighted by molar-refractivity contribution is -0.136. The van der Waals surface area contributed by atoms with E-state index in [1.54, 1.807) is 4.90 Å². The van der Waals surface area contributed by atoms with Gasteiger partial charge < -0.3 is 15.1 Å². The molecule has 2 aromatic rings. The van der Waals surface area contributed by atoms with Gasteiger partial charge in [0.1, 0.15) is 6.04 Å². The number of piperidine rings is 1. The topological polar surface area (TPSA) is 81.8 Å². The van der Waals surface area contributed by atoms with Crippen molar-refractivity contribution in [3.63, 3.8) is 0 Å². The van der Waals surface area contributed by atoms with Gasteiger partial charge in [-0.15, -0.1) is 0 Å². The zero-order valence-corrected chi connectivity index (χ0v) is 16.7. The minimum atomic E-state index is -0.585. The van der Waals surface area contributed by atoms with E-state index in [0.29, 0.717) is 25.1 Å². The number of benzene rings is 2. The molecule has 0 aromatic heterocycles. The third-order valence-electron chi connectivity index (χ3n) is 6.21. The maximum absolute atomic E-state index is 13.3. The Morgan fingerprint density at radius 3 is 2.70 bits per heavy atom. The number of imide groups is 1. The lowest BCUT2D eigenvalue weighted by atomic mass is 10.0. The standard InChI is InChI=1S/C23H24N4O3/c28-20-9-8-19(22(29)25-20)27-14-17-6-3-5-16(21(17)23(27)30)13-26-11-10-24-12-15-4-1-2-7-18(15)26/h1-7,19,24H,8-14H2,(H,25,28,29). The van der Waals surface area contributed by atoms with Gasteiger partial charge in [-0.2, -0.15) is 0 Å². The molecule has 1 unspecified atom stereocenters. The van der Waals surface area contributed by atoms with Crippen LogP contribution in [0, 0.1) is 0 Å². The van der Waals surface area contributed by atoms with Gasteiger partial charge in [0.05, 0.1) is 0 Å². The SMILES string of the molecule is O=C1CCC(N2Cc3cccc(CN4CCNCc5ccccc54)c3C2=O)C(=O)N1. The number of carbonyl (C=O) groups excluding carboxylic acids is 3. The van der Waals surface area contributed by atoms with Crippen molar-refractivity contribution < 1.29 is 14.4 Å². The Hall–Kier alpha value is -3.19. The van der Waals surface area contributed by atoms with E-state index in [1.165, 1.54) is 11.3 Å². The first-order valence-electron chi connectivity index (χ1n) is 10.4. The summed E-state index contributed by atoms with van der Waals surface area (Å²) in [6.45, 7) is 3.61. The van der Waals surface area contributed by atoms with Crippen molar-refractivity contribution in [2.75, 3.05) is 18.0 Å². The number of hydrogen-bond acceptors (Lipinski definition) is 5. The first-order valence-corrected chi connectivity index (χ1v) is 10.4. The maximum Gasteiger partial charge on any atom is 0.255 e. The van der Waals surface area contributed by atoms with Crippen molar-refractivity contribution in [1.82, 2.24) is 15.5 Å². The molecule has 3 aliphatic heterocycles. The highest BCUT2D eigenvalue weighted by Gasteiger charge is 2.40. The summed E-state index contributed by atoms with van der Waals surface area (Å²) >= 11 is 0. The Morgan fingerprint density at radius 1 is 1.00 bits per heavy atom. The number of rotatable bonds is 3. The number of amides is 3. The molecule has 3 heterocycles. The van der Waals surface area contributed by atoms with Gasteiger partial charge in [0, 0.05) is 50.4 Å². The summed E-state index contributed by atoms with van der Waals surface area (Å²) in [5.74, 6) is -0.757. The van der Waals surface area contributed by atoms with Gasteiger partial charge in [-0.25, -0.2) is 0 Å². The summed E-state index contributed by atoms with van der Waals surface area (Å²) in [6.07, 6.45) is 0.645. The second-order valence-corrected chi connectivity index (χ2v) is 8.08. The van der Waals surface area contributed by atoms with Crippen LogP contribution in [-0.4, -0.2) is 41.8 Å². The second kappa shape index (κ2) is 7.57. The molecular formula is C23H24N4O3. The molecule has 1 saturated heterocycles. The fourth-order valence-electron chi connectivity index (χ4n) is 4.72. The lowest BCUT2D eigenvalue weighted by Crippen LogP contribution is -2.52. The average Bonchev–Trinajstić information content (AvgIpc) is 2.94. The monoisotopic (exact) mass is 404 g/mol. The van der Waals surface area contributed by atoms with Gasteiger partial charge in [0.25, 0.3) is 5.91 Å². The Bertz CT molecular complexity index is 1030. The van der Waals surface area contributed by atoms with Crippen LogP contribution < -0.4 is 15.5 Å². The first-order chi connectivity index (χ1) is 14.6. The predicted octanol–water partition coefficient (Wildman–Crippen LogP) is 1.56. The van der Waals surface area contributed by atoms with Crippen LogP contribution in [0.1, 0.15) is 39.9 Å². The Morgan fingerprint density at radius 2 is 1.83 bits per heavy atom. The van der Waals surface area contributed by atoms with Crippen molar-refractivity contribution >= 4 is 23.4 Å². The first kappa shape index (κ1) is 18.8. The molecule has 1 fully saturated rings. The smallest absolute Gasteiger partial charge is 0.255 e. The molecule has 5 rings (SSSR count). The Kier molecular flexibility index (Phi) is 4.75. The van der Waals surface area contributed by atoms with Crippen LogP contribution in [-0.2, 0) is 29.2 Å². The molecule has 0 saturated carbocycles. The zero-order chi connectivity index (χ0) is 20.7. The number of nitrogens with zero attached hydrogens (tertiary/aromatic N) is 2. The van der Waals surface area contributed by atoms with E-state index >= 15 is 0 Å². The summed E-state index contributed by atoms with van der Waals surface area (Å²) < 4.78 is 0. The number of fused-ring (bicyclic) bond motifs is 2. The molecule has 30 heavy (non-hydrogen) atoms. The summed E-state index contributed by atoms with van der Waals surface area (Å²) in [5, 5.41) is 5.81. The summed E-state index contributed by atoms with van der Waals surface area (Å²) in [7, 11) is 0. The highest BCUT2D eigenvalue weighted by atomic mass is 16.2. The molecule has 0 aliphatic carbocycles. The van der Waals surface area contributed by atoms with Crippen LogP contribution in [0.15, 0.2) is 42.5 Å². The third-order valence-corrected chi connectivity index (χ3v) is 6.21. The van der Waals surface area contributed by atoms with Gasteiger partial charge in [0.15, 0.2) is 0 Å². The average molecular weight is 404 g/mol. The van der Waals surface area contributed by atoms with Crippen LogP contribution in [0.5, 0.6) is 0 Å². The lowest BCUT2D eigenvalue weighted by Gasteiger charge is -2.29. The van der Waals surface area contributed by atoms with Gasteiger partial charge in [-0.1, -0.05) is 36.4 Å². The molecular weight excluding hydrogens is 380 g/mol. The van der Waals surface area contributed by atoms with E-state index in [9.17, 15) is 14.4 Å². The summed E-state index contributed by atoms with van der Waals surface area (Å²) in [6, 6.07) is 13.7. The fraction of sp³-hybridized carbons (Fsp3) is 0.348. The Balaban J connectivity index is 1.43. The van der Waals surface area contributed by atoms with Gasteiger partial charge in [-0.3, -0.25) is 19.7 Å². The maximum atomic E-state index is 13.3. The van der Waals surface area contributed by atoms with E-state index in [-0.39, 0.29) is 24.1 Å². The fourth-order valence-corrected chi connectivity index (χ4v) is 4.72. The molecule has 0 radical (unpaired) electrons. The molecule has 0 spiro atoms. The Labute approximate surface area is 175 Å². The van der Waals surface area contributed by atoms with Crippen LogP contribution in [0.25, 0.3) is 0 Å². The summed E-state index contributed by atoms with van der Waals surface area (Å²) in [5.41, 5.74) is 5.07. The number of hydrogen-bond donors (Lipinski definition) is 2. The van der Waals surface area contributed by atoms with E-state index < -0.39 is 6.04 Å². The van der Waals surface area contributed by atoms with Crippen molar-refractivity contribution in [3.05, 3.63) is 64.7 Å². The van der Waals surface area contributed by atoms with E-state index in [4.69, 9.17) is 0 Å². The quantitative estimate of drug-likeness (QED) is 0.759. The van der Waals surface area contributed by atoms with Crippen LogP contribution >= 0.6 is 0 Å². The minimum absolute atomic E-state index is 0.115. The van der Waals surface area contributed by atoms with Crippen molar-refractivity contribution in [1.29, 1.82) is 0 Å². The molecule has 7 heteroatoms. The predicted molar refractivity (Wildman–Crippen MR) is 112 cm³/mol. The van der Waals surface area contributed by atoms with Crippen molar-refractivity contribution in [2.45, 2.75) is 38.5 Å². The highest BCUT2D eigenvalue weighted by Crippen LogP contribution is 2.32. The third kappa shape index (κ3) is 3.25. The van der Waals surface area contributed by atoms with Crippen LogP contribution in [0.3, 0.4) is 0 Å². The summed E-state index contributed by atoms with van der Waals surface area (Å²) in [4.78, 5) is 41.1. The largest absolute Gasteiger partial charge is 0.366 e. The molecule has 3 amide bonds. The number of anilines is 1. The van der Waals surface area contributed by atoms with Crippen LogP contribution in [0.2, 0.25) is 0 Å². The normalized spacial score (nSPS) is 21.2. The highest BCUT2D eigenvalue weighted by molar-refractivity contribution is 6.06. The van der Waals surface area contributed by atoms with Gasteiger partial charge in [0.2, 0.25) is 11.8 Å². The number of carbonyl (C=O) groups is 3. The molecule has 0 bridgehead atoms. The molecule has 3 aliphatic rings. The van der Waals surface area contributed by atoms with Crippen molar-refractivity contribution in [2.24, 2.45) is 0 Å². The van der Waals surface area contributed by atoms with E-state index in [2.05, 4.69) is 27.7 Å². The zero-order valence-electron chi connectivity index (χ0n) is 16.7. The van der Waals surface area contributed by atoms with E-state index in [0.717, 1.165) is 30.8 Å². The molecule has 1 atom stereocenters. The minimum Gasteiger partial charge on any atom is -0.366 e. The van der Waals surface area contributed by atoms with Gasteiger partial charge >= 0.3 is 0 Å². The molecule has 7 nitrogen and oxygen atoms in total. The molecule has 2 aromatic carbocycles. The van der Waals surface area contributed by atoms with E-state index in [1.807, 2.05) is 30.3 Å². The van der Waals surface area contributed by atoms with Gasteiger partial charge in [-0.05, 0) is 29.2 Å². The second-order valence-electron chi connectivity index (χ2n) is 8.08. The molecule has 154 valence electrons. The van der Waals surface area contributed by atoms with Crippen LogP contribution in [0.4, 0.5) is 5.69 Å². The number of nitrogens with one attached hydrogen (secondary N) is 2. The molecule has 2 N–H and O–H groups in total. The van der Waals surface area contributed by atoms with Crippen molar-refractivity contribution in [3.8, 4) is 0 Å². The number of para-hydroxylation sites is 1.